The molecule has 1 aromatic carbocycles. The minimum absolute atomic E-state index is 0.254. The lowest BCUT2D eigenvalue weighted by Crippen LogP contribution is -2.31. The van der Waals surface area contributed by atoms with E-state index in [9.17, 15) is 9.59 Å². The number of hydrazine groups is 1. The van der Waals surface area contributed by atoms with Crippen molar-refractivity contribution >= 4 is 12.0 Å². The second-order valence-corrected chi connectivity index (χ2v) is 3.11. The van der Waals surface area contributed by atoms with Crippen LogP contribution in [0.15, 0.2) is 24.3 Å². The molecule has 0 aliphatic rings. The second-order valence-electron chi connectivity index (χ2n) is 3.11. The largest absolute Gasteiger partial charge is 0.465 e. The van der Waals surface area contributed by atoms with Crippen LogP contribution >= 0.6 is 0 Å². The highest BCUT2D eigenvalue weighted by atomic mass is 16.4. The van der Waals surface area contributed by atoms with Gasteiger partial charge < -0.3 is 10.4 Å². The lowest BCUT2D eigenvalue weighted by molar-refractivity contribution is 0.0952. The van der Waals surface area contributed by atoms with Crippen molar-refractivity contribution in [3.05, 3.63) is 35.4 Å². The van der Waals surface area contributed by atoms with E-state index in [1.54, 1.807) is 24.3 Å². The number of hydrogen-bond acceptors (Lipinski definition) is 3. The fourth-order valence-corrected chi connectivity index (χ4v) is 1.34. The van der Waals surface area contributed by atoms with E-state index >= 15 is 0 Å². The molecule has 0 aliphatic heterocycles. The normalized spacial score (nSPS) is 9.56. The first-order valence-corrected chi connectivity index (χ1v) is 4.70. The Morgan fingerprint density at radius 3 is 2.62 bits per heavy atom. The molecule has 16 heavy (non-hydrogen) atoms. The molecule has 5 N–H and O–H groups in total. The SMILES string of the molecule is NNC(=O)c1ccccc1CCNC(=O)O. The average molecular weight is 223 g/mol. The summed E-state index contributed by atoms with van der Waals surface area (Å²) in [6.45, 7) is 0.254. The van der Waals surface area contributed by atoms with Crippen LogP contribution in [0.5, 0.6) is 0 Å². The van der Waals surface area contributed by atoms with Gasteiger partial charge in [-0.2, -0.15) is 0 Å². The van der Waals surface area contributed by atoms with Crippen molar-refractivity contribution in [3.63, 3.8) is 0 Å². The third-order valence-corrected chi connectivity index (χ3v) is 2.06. The van der Waals surface area contributed by atoms with Gasteiger partial charge in [0, 0.05) is 12.1 Å². The standard InChI is InChI=1S/C10H13N3O3/c11-13-9(14)8-4-2-1-3-7(8)5-6-12-10(15)16/h1-4,12H,5-6,11H2,(H,13,14)(H,15,16). The molecule has 0 radical (unpaired) electrons. The summed E-state index contributed by atoms with van der Waals surface area (Å²) in [6, 6.07) is 6.90. The van der Waals surface area contributed by atoms with E-state index in [0.717, 1.165) is 5.56 Å². The van der Waals surface area contributed by atoms with Gasteiger partial charge in [-0.15, -0.1) is 0 Å². The highest BCUT2D eigenvalue weighted by molar-refractivity contribution is 5.95. The summed E-state index contributed by atoms with van der Waals surface area (Å²) in [5.74, 6) is 4.66. The fourth-order valence-electron chi connectivity index (χ4n) is 1.34. The molecule has 0 aliphatic carbocycles. The van der Waals surface area contributed by atoms with E-state index in [1.165, 1.54) is 0 Å². The van der Waals surface area contributed by atoms with Gasteiger partial charge in [0.2, 0.25) is 0 Å². The van der Waals surface area contributed by atoms with Crippen LogP contribution in [0.3, 0.4) is 0 Å². The van der Waals surface area contributed by atoms with Crippen LogP contribution in [-0.4, -0.2) is 23.7 Å². The predicted molar refractivity (Wildman–Crippen MR) is 57.8 cm³/mol. The summed E-state index contributed by atoms with van der Waals surface area (Å²) in [5, 5.41) is 10.6. The average Bonchev–Trinajstić information content (AvgIpc) is 2.28. The van der Waals surface area contributed by atoms with E-state index < -0.39 is 6.09 Å². The Morgan fingerprint density at radius 2 is 2.00 bits per heavy atom. The van der Waals surface area contributed by atoms with Crippen molar-refractivity contribution < 1.29 is 14.7 Å². The molecule has 86 valence electrons. The Balaban J connectivity index is 2.71. The maximum atomic E-state index is 11.4. The van der Waals surface area contributed by atoms with Gasteiger partial charge >= 0.3 is 6.09 Å². The first kappa shape index (κ1) is 12.0. The van der Waals surface area contributed by atoms with Crippen molar-refractivity contribution in [3.8, 4) is 0 Å². The quantitative estimate of drug-likeness (QED) is 0.330. The fraction of sp³-hybridized carbons (Fsp3) is 0.200. The van der Waals surface area contributed by atoms with Gasteiger partial charge in [0.1, 0.15) is 0 Å². The van der Waals surface area contributed by atoms with Crippen LogP contribution in [0, 0.1) is 0 Å². The molecule has 0 atom stereocenters. The maximum absolute atomic E-state index is 11.4. The monoisotopic (exact) mass is 223 g/mol. The van der Waals surface area contributed by atoms with E-state index in [1.807, 2.05) is 5.43 Å². The Bertz CT molecular complexity index is 393. The Labute approximate surface area is 92.4 Å². The van der Waals surface area contributed by atoms with Gasteiger partial charge in [-0.3, -0.25) is 10.2 Å². The van der Waals surface area contributed by atoms with E-state index in [0.29, 0.717) is 12.0 Å². The summed E-state index contributed by atoms with van der Waals surface area (Å²) >= 11 is 0. The van der Waals surface area contributed by atoms with Crippen LogP contribution in [-0.2, 0) is 6.42 Å². The van der Waals surface area contributed by atoms with Gasteiger partial charge in [0.25, 0.3) is 5.91 Å². The third kappa shape index (κ3) is 3.25. The molecule has 0 unspecified atom stereocenters. The minimum Gasteiger partial charge on any atom is -0.465 e. The van der Waals surface area contributed by atoms with Gasteiger partial charge in [0.15, 0.2) is 0 Å². The van der Waals surface area contributed by atoms with E-state index in [4.69, 9.17) is 10.9 Å². The molecular formula is C10H13N3O3. The number of carbonyl (C=O) groups is 2. The molecule has 1 aromatic rings. The first-order valence-electron chi connectivity index (χ1n) is 4.70. The molecule has 1 rings (SSSR count). The van der Waals surface area contributed by atoms with Gasteiger partial charge in [-0.1, -0.05) is 18.2 Å². The predicted octanol–water partition coefficient (Wildman–Crippen LogP) is 0.100. The van der Waals surface area contributed by atoms with Crippen LogP contribution in [0.1, 0.15) is 15.9 Å². The summed E-state index contributed by atoms with van der Waals surface area (Å²) in [5.41, 5.74) is 3.25. The van der Waals surface area contributed by atoms with Crippen LogP contribution in [0.4, 0.5) is 4.79 Å². The molecule has 0 saturated heterocycles. The summed E-state index contributed by atoms with van der Waals surface area (Å²) in [4.78, 5) is 21.6. The Hall–Kier alpha value is -2.08. The van der Waals surface area contributed by atoms with Crippen molar-refractivity contribution in [2.24, 2.45) is 5.84 Å². The number of carboxylic acid groups (broad SMARTS) is 1. The molecular weight excluding hydrogens is 210 g/mol. The Kier molecular flexibility index (Phi) is 4.28. The van der Waals surface area contributed by atoms with E-state index in [-0.39, 0.29) is 12.5 Å². The minimum atomic E-state index is -1.08. The smallest absolute Gasteiger partial charge is 0.404 e. The molecule has 0 fully saturated rings. The van der Waals surface area contributed by atoms with Crippen molar-refractivity contribution in [1.82, 2.24) is 10.7 Å². The second kappa shape index (κ2) is 5.72. The van der Waals surface area contributed by atoms with Gasteiger partial charge in [-0.05, 0) is 18.1 Å². The van der Waals surface area contributed by atoms with Gasteiger partial charge in [-0.25, -0.2) is 10.6 Å². The zero-order chi connectivity index (χ0) is 12.0. The highest BCUT2D eigenvalue weighted by Gasteiger charge is 2.08. The highest BCUT2D eigenvalue weighted by Crippen LogP contribution is 2.08. The van der Waals surface area contributed by atoms with Gasteiger partial charge in [0.05, 0.1) is 0 Å². The number of nitrogen functional groups attached to an aromatic ring is 1. The molecule has 0 saturated carbocycles. The molecule has 2 amide bonds. The lowest BCUT2D eigenvalue weighted by atomic mass is 10.0. The van der Waals surface area contributed by atoms with E-state index in [2.05, 4.69) is 5.32 Å². The van der Waals surface area contributed by atoms with Crippen molar-refractivity contribution in [2.45, 2.75) is 6.42 Å². The first-order chi connectivity index (χ1) is 7.65. The lowest BCUT2D eigenvalue weighted by Gasteiger charge is -2.07. The van der Waals surface area contributed by atoms with Crippen LogP contribution < -0.4 is 16.6 Å². The number of nitrogens with one attached hydrogen (secondary N) is 2. The number of amides is 2. The molecule has 6 heteroatoms. The Morgan fingerprint density at radius 1 is 1.31 bits per heavy atom. The molecule has 0 bridgehead atoms. The molecule has 0 aromatic heterocycles. The zero-order valence-corrected chi connectivity index (χ0v) is 8.56. The molecule has 0 heterocycles. The van der Waals surface area contributed by atoms with Crippen molar-refractivity contribution in [2.75, 3.05) is 6.54 Å². The summed E-state index contributed by atoms with van der Waals surface area (Å²) in [6.07, 6.45) is -0.642. The number of hydrogen-bond donors (Lipinski definition) is 4. The zero-order valence-electron chi connectivity index (χ0n) is 8.56. The topological polar surface area (TPSA) is 104 Å². The van der Waals surface area contributed by atoms with Crippen molar-refractivity contribution in [1.29, 1.82) is 0 Å². The third-order valence-electron chi connectivity index (χ3n) is 2.06. The molecule has 6 nitrogen and oxygen atoms in total. The maximum Gasteiger partial charge on any atom is 0.404 e. The van der Waals surface area contributed by atoms with Crippen LogP contribution in [0.25, 0.3) is 0 Å². The summed E-state index contributed by atoms with van der Waals surface area (Å²) < 4.78 is 0. The number of benzene rings is 1. The summed E-state index contributed by atoms with van der Waals surface area (Å²) in [7, 11) is 0. The number of rotatable bonds is 4. The number of carbonyl (C=O) groups excluding carboxylic acids is 1. The molecule has 0 spiro atoms. The number of nitrogens with two attached hydrogens (primary N) is 1. The van der Waals surface area contributed by atoms with Crippen LogP contribution in [0.2, 0.25) is 0 Å².